The summed E-state index contributed by atoms with van der Waals surface area (Å²) in [5.41, 5.74) is -3.76. The fourth-order valence-corrected chi connectivity index (χ4v) is 18.7. The van der Waals surface area contributed by atoms with Crippen molar-refractivity contribution in [1.82, 2.24) is 46.6 Å². The quantitative estimate of drug-likeness (QED) is 0.0248. The molecule has 6 aliphatic heterocycles. The van der Waals surface area contributed by atoms with Gasteiger partial charge in [-0.15, -0.1) is 0 Å². The molecule has 6 saturated heterocycles. The Hall–Kier alpha value is -5.12. The van der Waals surface area contributed by atoms with Crippen molar-refractivity contribution in [3.05, 3.63) is 0 Å². The number of unbranched alkanes of at least 4 members (excludes halogenated alkanes) is 9. The Kier molecular flexibility index (Phi) is 52.0. The minimum Gasteiger partial charge on any atom is -0.396 e. The van der Waals surface area contributed by atoms with E-state index in [2.05, 4.69) is 31.9 Å². The summed E-state index contributed by atoms with van der Waals surface area (Å²) in [4.78, 5) is 153. The molecular weight excluding hydrogens is 1810 g/mol. The molecule has 132 heavy (non-hydrogen) atoms. The number of nitrogens with one attached hydrogen (secondary N) is 6. The number of likely N-dealkylation sites (tertiary alicyclic amines) is 3. The number of rotatable bonds is 63. The molecule has 0 aromatic rings. The minimum atomic E-state index is -5.17. The molecular formula is C82H148N9O38P3. The number of aliphatic hydroxyl groups is 10. The number of piperidine rings is 3. The van der Waals surface area contributed by atoms with E-state index < -0.39 is 209 Å². The Morgan fingerprint density at radius 2 is 0.614 bits per heavy atom. The van der Waals surface area contributed by atoms with Crippen LogP contribution in [0.2, 0.25) is 0 Å². The highest BCUT2D eigenvalue weighted by Gasteiger charge is 2.51. The Bertz CT molecular complexity index is 3630. The monoisotopic (exact) mass is 1960 g/mol. The van der Waals surface area contributed by atoms with Crippen molar-refractivity contribution in [2.75, 3.05) is 158 Å². The number of aliphatic hydroxyl groups excluding tert-OH is 10. The average Bonchev–Trinajstić information content (AvgIpc) is 0.809. The van der Waals surface area contributed by atoms with Crippen LogP contribution in [0.3, 0.4) is 0 Å². The van der Waals surface area contributed by atoms with Gasteiger partial charge < -0.3 is 146 Å². The second-order valence-corrected chi connectivity index (χ2v) is 39.2. The second-order valence-electron chi connectivity index (χ2n) is 34.9. The van der Waals surface area contributed by atoms with Gasteiger partial charge in [0.15, 0.2) is 18.9 Å². The summed E-state index contributed by atoms with van der Waals surface area (Å²) in [5, 5.41) is 118. The lowest BCUT2D eigenvalue weighted by Gasteiger charge is -2.43. The van der Waals surface area contributed by atoms with E-state index in [9.17, 15) is 123 Å². The number of phosphoric ester groups is 3. The van der Waals surface area contributed by atoms with Crippen molar-refractivity contribution in [1.29, 1.82) is 0 Å². The first-order chi connectivity index (χ1) is 62.8. The molecule has 0 aromatic carbocycles. The number of carbonyl (C=O) groups excluding carboxylic acids is 9. The third-order valence-corrected chi connectivity index (χ3v) is 27.2. The molecule has 19 N–H and O–H groups in total. The third-order valence-electron chi connectivity index (χ3n) is 24.4. The highest BCUT2D eigenvalue weighted by atomic mass is 31.2. The van der Waals surface area contributed by atoms with Gasteiger partial charge in [0.2, 0.25) is 53.2 Å². The van der Waals surface area contributed by atoms with Gasteiger partial charge in [0.05, 0.1) is 72.7 Å². The van der Waals surface area contributed by atoms with E-state index in [0.717, 1.165) is 0 Å². The summed E-state index contributed by atoms with van der Waals surface area (Å²) in [6.07, 6.45) is -7.10. The lowest BCUT2D eigenvalue weighted by atomic mass is 9.80. The molecule has 6 fully saturated rings. The van der Waals surface area contributed by atoms with Gasteiger partial charge in [0, 0.05) is 161 Å². The maximum absolute atomic E-state index is 14.2. The van der Waals surface area contributed by atoms with Crippen LogP contribution in [-0.4, -0.2) is 384 Å². The summed E-state index contributed by atoms with van der Waals surface area (Å²) in [7, 11) is -15.0. The largest absolute Gasteiger partial charge is 0.472 e. The van der Waals surface area contributed by atoms with Gasteiger partial charge >= 0.3 is 23.5 Å². The Labute approximate surface area is 770 Å². The normalized spacial score (nSPS) is 26.8. The first-order valence-electron chi connectivity index (χ1n) is 46.0. The summed E-state index contributed by atoms with van der Waals surface area (Å²) in [5.74, 6) is -2.75. The Morgan fingerprint density at radius 1 is 0.348 bits per heavy atom. The molecule has 0 radical (unpaired) electrons. The zero-order valence-corrected chi connectivity index (χ0v) is 79.1. The average molecular weight is 1960 g/mol. The number of phosphoric acid groups is 3. The Balaban J connectivity index is 0.978. The standard InChI is InChI=1S/C82H148N9O38P3/c1-5-117-45-46-121-130(111,112)123-52-81(29-38-90(39-30-81)66(103)25-10-7-16-34-84-63(100)22-13-19-43-119-78-69(87-57(3)97)75(109)72(106)60(48-93)128-78)53-125-132(115,116)126-55-82(31-40-91(41-32-82)67(104)26-11-8-17-35-85-64(101)23-14-20-44-120-79-70(88-58(4)98)76(110)73(107)61(49-94)129-79)54-124-131(113,114)122-51-80(50-95)27-36-89(37-28-80)65(102)24-9-6-15-33-83-62(99)21-12-18-42-118-77-68(86-56(2)96)74(108)71(105)59(47-92)127-77/h59-61,68-79,92-95,105-110H,5-55H2,1-4H3,(H,83,99)(H,84,100)(H,85,101)(H,86,96)(H,87,97)(H,88,98)(H,111,112)(H,113,114)(H,115,116)/t59-,60-,61-,68-,69-,70-,71+,72+,73+,74-,75-,76-,77-,78-,79-/m1/s1. The van der Waals surface area contributed by atoms with Crippen LogP contribution in [0.4, 0.5) is 0 Å². The second kappa shape index (κ2) is 59.3. The molecule has 0 aliphatic carbocycles. The molecule has 3 unspecified atom stereocenters. The fourth-order valence-electron chi connectivity index (χ4n) is 16.0. The van der Waals surface area contributed by atoms with E-state index in [1.807, 2.05) is 0 Å². The fraction of sp³-hybridized carbons (Fsp3) is 0.890. The zero-order valence-electron chi connectivity index (χ0n) is 76.4. The number of carbonyl (C=O) groups is 9. The lowest BCUT2D eigenvalue weighted by Crippen LogP contribution is -2.64. The van der Waals surface area contributed by atoms with Crippen LogP contribution in [0.5, 0.6) is 0 Å². The number of ether oxygens (including phenoxy) is 7. The van der Waals surface area contributed by atoms with Crippen molar-refractivity contribution in [3.63, 3.8) is 0 Å². The van der Waals surface area contributed by atoms with Crippen LogP contribution in [0.1, 0.15) is 201 Å². The van der Waals surface area contributed by atoms with Crippen molar-refractivity contribution >= 4 is 76.6 Å². The van der Waals surface area contributed by atoms with E-state index in [1.54, 1.807) is 21.6 Å². The third kappa shape index (κ3) is 40.7. The molecule has 0 bridgehead atoms. The van der Waals surface area contributed by atoms with Crippen LogP contribution in [0, 0.1) is 16.2 Å². The first-order valence-corrected chi connectivity index (χ1v) is 50.5. The van der Waals surface area contributed by atoms with Crippen LogP contribution in [-0.2, 0) is 117 Å². The molecule has 6 aliphatic rings. The molecule has 18 atom stereocenters. The first kappa shape index (κ1) is 116. The van der Waals surface area contributed by atoms with Crippen molar-refractivity contribution in [2.45, 2.75) is 293 Å². The van der Waals surface area contributed by atoms with E-state index in [4.69, 9.17) is 60.3 Å². The predicted octanol–water partition coefficient (Wildman–Crippen LogP) is -1.34. The van der Waals surface area contributed by atoms with Gasteiger partial charge in [-0.25, -0.2) is 13.7 Å². The highest BCUT2D eigenvalue weighted by Crippen LogP contribution is 2.53. The molecule has 6 heterocycles. The SMILES string of the molecule is CCOCCOP(=O)(O)OCC1(COP(=O)(O)OCC2(COP(=O)(O)OCC3(CO)CCN(C(=O)CCCCCNC(=O)CCCCO[C@@H]4O[C@H](CO)[C@H](O)[C@H](O)[C@H]4NC(C)=O)CC3)CCN(C(=O)CCCCCNC(=O)CCCCO[C@@H]3O[C@H](CO)[C@H](O)[C@H](O)[C@H]3NC(C)=O)CC2)CCN(C(=O)CCCCCNC(=O)CCCCO[C@@H]2O[C@H](CO)[C@H](O)[C@H](O)[C@H]2NC(C)=O)CC1. The molecule has 0 saturated carbocycles. The van der Waals surface area contributed by atoms with Crippen LogP contribution in [0.25, 0.3) is 0 Å². The highest BCUT2D eigenvalue weighted by molar-refractivity contribution is 7.48. The topological polar surface area (TPSA) is 670 Å². The van der Waals surface area contributed by atoms with Crippen LogP contribution >= 0.6 is 23.5 Å². The summed E-state index contributed by atoms with van der Waals surface area (Å²) in [6.45, 7) is 1.92. The van der Waals surface area contributed by atoms with Gasteiger partial charge in [-0.2, -0.15) is 0 Å². The molecule has 764 valence electrons. The number of amides is 9. The molecule has 0 aromatic heterocycles. The predicted molar refractivity (Wildman–Crippen MR) is 463 cm³/mol. The molecule has 0 spiro atoms. The summed E-state index contributed by atoms with van der Waals surface area (Å²) >= 11 is 0. The van der Waals surface area contributed by atoms with Gasteiger partial charge in [0.1, 0.15) is 73.1 Å². The Morgan fingerprint density at radius 3 is 0.879 bits per heavy atom. The van der Waals surface area contributed by atoms with Gasteiger partial charge in [-0.3, -0.25) is 70.3 Å². The number of hydrogen-bond donors (Lipinski definition) is 19. The van der Waals surface area contributed by atoms with Gasteiger partial charge in [-0.05, 0) is 122 Å². The van der Waals surface area contributed by atoms with E-state index >= 15 is 0 Å². The smallest absolute Gasteiger partial charge is 0.396 e. The molecule has 9 amide bonds. The minimum absolute atomic E-state index is 0.0106. The maximum atomic E-state index is 14.2. The van der Waals surface area contributed by atoms with Crippen molar-refractivity contribution < 1.29 is 183 Å². The molecule has 6 rings (SSSR count). The number of nitrogens with zero attached hydrogens (tertiary/aromatic N) is 3. The van der Waals surface area contributed by atoms with Gasteiger partial charge in [0.25, 0.3) is 0 Å². The molecule has 47 nitrogen and oxygen atoms in total. The van der Waals surface area contributed by atoms with Crippen LogP contribution < -0.4 is 31.9 Å². The summed E-state index contributed by atoms with van der Waals surface area (Å²) in [6, 6.07) is -3.30. The molecule has 50 heteroatoms. The zero-order chi connectivity index (χ0) is 97.1. The van der Waals surface area contributed by atoms with Crippen LogP contribution in [0.15, 0.2) is 0 Å². The van der Waals surface area contributed by atoms with Crippen molar-refractivity contribution in [3.8, 4) is 0 Å². The van der Waals surface area contributed by atoms with Gasteiger partial charge in [-0.1, -0.05) is 19.3 Å². The van der Waals surface area contributed by atoms with E-state index in [-0.39, 0.29) is 185 Å². The maximum Gasteiger partial charge on any atom is 0.472 e. The lowest BCUT2D eigenvalue weighted by molar-refractivity contribution is -0.270. The summed E-state index contributed by atoms with van der Waals surface area (Å²) < 4.78 is 114. The van der Waals surface area contributed by atoms with Crippen molar-refractivity contribution in [2.24, 2.45) is 16.2 Å². The van der Waals surface area contributed by atoms with E-state index in [0.29, 0.717) is 123 Å². The number of hydrogen-bond acceptors (Lipinski definition) is 35. The van der Waals surface area contributed by atoms with E-state index in [1.165, 1.54) is 20.8 Å².